The van der Waals surface area contributed by atoms with Crippen molar-refractivity contribution >= 4 is 44.1 Å². The molecular weight excluding hydrogens is 330 g/mol. The monoisotopic (exact) mass is 341 g/mol. The van der Waals surface area contributed by atoms with Gasteiger partial charge in [0, 0.05) is 27.3 Å². The molecule has 4 nitrogen and oxygen atoms in total. The standard InChI is InChI=1S/C16H12BrN3O/c17-12-7-11(8-13(18)9-12)16(21)20-14-5-1-3-10-4-2-6-19-15(10)14/h1-9H,18H2,(H,20,21). The zero-order valence-electron chi connectivity index (χ0n) is 11.0. The first-order valence-electron chi connectivity index (χ1n) is 6.34. The third-order valence-corrected chi connectivity index (χ3v) is 3.52. The van der Waals surface area contributed by atoms with Crippen LogP contribution < -0.4 is 11.1 Å². The van der Waals surface area contributed by atoms with E-state index in [-0.39, 0.29) is 5.91 Å². The predicted molar refractivity (Wildman–Crippen MR) is 88.3 cm³/mol. The molecule has 0 spiro atoms. The number of benzene rings is 2. The molecule has 0 atom stereocenters. The maximum atomic E-state index is 12.3. The summed E-state index contributed by atoms with van der Waals surface area (Å²) >= 11 is 3.33. The van der Waals surface area contributed by atoms with Crippen molar-refractivity contribution in [1.82, 2.24) is 4.98 Å². The van der Waals surface area contributed by atoms with E-state index in [1.165, 1.54) is 0 Å². The number of anilines is 2. The van der Waals surface area contributed by atoms with Crippen LogP contribution in [0, 0.1) is 0 Å². The van der Waals surface area contributed by atoms with Crippen molar-refractivity contribution in [2.75, 3.05) is 11.1 Å². The first kappa shape index (κ1) is 13.6. The van der Waals surface area contributed by atoms with Crippen molar-refractivity contribution in [3.05, 3.63) is 64.8 Å². The second kappa shape index (κ2) is 5.54. The number of hydrogen-bond acceptors (Lipinski definition) is 3. The first-order chi connectivity index (χ1) is 10.1. The fourth-order valence-electron chi connectivity index (χ4n) is 2.14. The topological polar surface area (TPSA) is 68.0 Å². The molecule has 0 radical (unpaired) electrons. The summed E-state index contributed by atoms with van der Waals surface area (Å²) in [4.78, 5) is 16.7. The van der Waals surface area contributed by atoms with Gasteiger partial charge in [-0.25, -0.2) is 0 Å². The number of nitrogens with zero attached hydrogens (tertiary/aromatic N) is 1. The Labute approximate surface area is 130 Å². The van der Waals surface area contributed by atoms with Gasteiger partial charge >= 0.3 is 0 Å². The van der Waals surface area contributed by atoms with Gasteiger partial charge in [-0.05, 0) is 30.3 Å². The van der Waals surface area contributed by atoms with Gasteiger partial charge in [-0.15, -0.1) is 0 Å². The van der Waals surface area contributed by atoms with Gasteiger partial charge in [-0.1, -0.05) is 34.1 Å². The van der Waals surface area contributed by atoms with Crippen LogP contribution in [0.15, 0.2) is 59.2 Å². The normalized spacial score (nSPS) is 10.5. The van der Waals surface area contributed by atoms with E-state index in [9.17, 15) is 4.79 Å². The van der Waals surface area contributed by atoms with E-state index in [0.717, 1.165) is 15.4 Å². The number of carbonyl (C=O) groups is 1. The first-order valence-corrected chi connectivity index (χ1v) is 7.14. The highest BCUT2D eigenvalue weighted by molar-refractivity contribution is 9.10. The van der Waals surface area contributed by atoms with Gasteiger partial charge in [0.2, 0.25) is 0 Å². The molecule has 0 aliphatic heterocycles. The van der Waals surface area contributed by atoms with E-state index in [2.05, 4.69) is 26.2 Å². The second-order valence-corrected chi connectivity index (χ2v) is 5.52. The number of amides is 1. The molecule has 0 aliphatic rings. The molecule has 1 amide bonds. The van der Waals surface area contributed by atoms with E-state index in [4.69, 9.17) is 5.73 Å². The third kappa shape index (κ3) is 2.87. The quantitative estimate of drug-likeness (QED) is 0.696. The average Bonchev–Trinajstić information content (AvgIpc) is 2.46. The molecule has 1 heterocycles. The summed E-state index contributed by atoms with van der Waals surface area (Å²) in [5.41, 5.74) is 8.22. The summed E-state index contributed by atoms with van der Waals surface area (Å²) in [6, 6.07) is 14.6. The third-order valence-electron chi connectivity index (χ3n) is 3.06. The van der Waals surface area contributed by atoms with E-state index >= 15 is 0 Å². The van der Waals surface area contributed by atoms with Crippen molar-refractivity contribution in [1.29, 1.82) is 0 Å². The van der Waals surface area contributed by atoms with E-state index in [1.807, 2.05) is 30.3 Å². The van der Waals surface area contributed by atoms with Crippen LogP contribution in [-0.2, 0) is 0 Å². The predicted octanol–water partition coefficient (Wildman–Crippen LogP) is 3.83. The van der Waals surface area contributed by atoms with Crippen LogP contribution in [0.4, 0.5) is 11.4 Å². The molecule has 5 heteroatoms. The molecule has 3 rings (SSSR count). The van der Waals surface area contributed by atoms with Crippen molar-refractivity contribution < 1.29 is 4.79 Å². The van der Waals surface area contributed by atoms with Gasteiger partial charge < -0.3 is 11.1 Å². The summed E-state index contributed by atoms with van der Waals surface area (Å²) in [7, 11) is 0. The Morgan fingerprint density at radius 2 is 1.95 bits per heavy atom. The fourth-order valence-corrected chi connectivity index (χ4v) is 2.65. The number of rotatable bonds is 2. The van der Waals surface area contributed by atoms with Crippen LogP contribution in [0.3, 0.4) is 0 Å². The molecule has 0 saturated heterocycles. The number of nitrogens with one attached hydrogen (secondary N) is 1. The maximum absolute atomic E-state index is 12.3. The van der Waals surface area contributed by atoms with Crippen molar-refractivity contribution in [3.8, 4) is 0 Å². The number of aromatic nitrogens is 1. The lowest BCUT2D eigenvalue weighted by atomic mass is 10.1. The maximum Gasteiger partial charge on any atom is 0.255 e. The Hall–Kier alpha value is -2.40. The fraction of sp³-hybridized carbons (Fsp3) is 0. The molecule has 2 aromatic carbocycles. The Morgan fingerprint density at radius 3 is 2.76 bits per heavy atom. The highest BCUT2D eigenvalue weighted by atomic mass is 79.9. The highest BCUT2D eigenvalue weighted by Gasteiger charge is 2.10. The summed E-state index contributed by atoms with van der Waals surface area (Å²) in [5, 5.41) is 3.85. The number of hydrogen-bond donors (Lipinski definition) is 2. The molecule has 0 bridgehead atoms. The average molecular weight is 342 g/mol. The number of nitrogens with two attached hydrogens (primary N) is 1. The number of pyridine rings is 1. The highest BCUT2D eigenvalue weighted by Crippen LogP contribution is 2.23. The van der Waals surface area contributed by atoms with Crippen LogP contribution in [0.2, 0.25) is 0 Å². The van der Waals surface area contributed by atoms with Crippen LogP contribution >= 0.6 is 15.9 Å². The minimum Gasteiger partial charge on any atom is -0.399 e. The van der Waals surface area contributed by atoms with Gasteiger partial charge in [-0.2, -0.15) is 0 Å². The molecule has 0 saturated carbocycles. The molecule has 21 heavy (non-hydrogen) atoms. The SMILES string of the molecule is Nc1cc(Br)cc(C(=O)Nc2cccc3cccnc23)c1. The number of para-hydroxylation sites is 1. The second-order valence-electron chi connectivity index (χ2n) is 4.61. The molecule has 0 aliphatic carbocycles. The van der Waals surface area contributed by atoms with Crippen LogP contribution in [-0.4, -0.2) is 10.9 Å². The Morgan fingerprint density at radius 1 is 1.14 bits per heavy atom. The van der Waals surface area contributed by atoms with Gasteiger partial charge in [0.1, 0.15) is 0 Å². The van der Waals surface area contributed by atoms with Crippen molar-refractivity contribution in [2.45, 2.75) is 0 Å². The Kier molecular flexibility index (Phi) is 3.58. The molecular formula is C16H12BrN3O. The van der Waals surface area contributed by atoms with Crippen molar-refractivity contribution in [3.63, 3.8) is 0 Å². The smallest absolute Gasteiger partial charge is 0.255 e. The molecule has 1 aromatic heterocycles. The van der Waals surface area contributed by atoms with Crippen LogP contribution in [0.1, 0.15) is 10.4 Å². The molecule has 104 valence electrons. The Balaban J connectivity index is 1.96. The molecule has 3 aromatic rings. The minimum absolute atomic E-state index is 0.221. The Bertz CT molecular complexity index is 807. The zero-order chi connectivity index (χ0) is 14.8. The van der Waals surface area contributed by atoms with E-state index < -0.39 is 0 Å². The zero-order valence-corrected chi connectivity index (χ0v) is 12.6. The van der Waals surface area contributed by atoms with Crippen LogP contribution in [0.25, 0.3) is 10.9 Å². The van der Waals surface area contributed by atoms with Gasteiger partial charge in [-0.3, -0.25) is 9.78 Å². The lowest BCUT2D eigenvalue weighted by Gasteiger charge is -2.09. The van der Waals surface area contributed by atoms with Gasteiger partial charge in [0.25, 0.3) is 5.91 Å². The van der Waals surface area contributed by atoms with E-state index in [1.54, 1.807) is 24.4 Å². The van der Waals surface area contributed by atoms with Gasteiger partial charge in [0.15, 0.2) is 0 Å². The molecule has 3 N–H and O–H groups in total. The lowest BCUT2D eigenvalue weighted by Crippen LogP contribution is -2.12. The molecule has 0 fully saturated rings. The van der Waals surface area contributed by atoms with Gasteiger partial charge in [0.05, 0.1) is 11.2 Å². The lowest BCUT2D eigenvalue weighted by molar-refractivity contribution is 0.102. The largest absolute Gasteiger partial charge is 0.399 e. The number of fused-ring (bicyclic) bond motifs is 1. The van der Waals surface area contributed by atoms with Crippen molar-refractivity contribution in [2.24, 2.45) is 0 Å². The summed E-state index contributed by atoms with van der Waals surface area (Å²) < 4.78 is 0.767. The number of nitrogen functional groups attached to an aromatic ring is 1. The summed E-state index contributed by atoms with van der Waals surface area (Å²) in [6.07, 6.45) is 1.70. The number of carbonyl (C=O) groups excluding carboxylic acids is 1. The molecule has 0 unspecified atom stereocenters. The summed E-state index contributed by atoms with van der Waals surface area (Å²) in [6.45, 7) is 0. The summed E-state index contributed by atoms with van der Waals surface area (Å²) in [5.74, 6) is -0.221. The number of halogens is 1. The minimum atomic E-state index is -0.221. The van der Waals surface area contributed by atoms with E-state index in [0.29, 0.717) is 16.9 Å². The van der Waals surface area contributed by atoms with Crippen LogP contribution in [0.5, 0.6) is 0 Å².